The van der Waals surface area contributed by atoms with Crippen LogP contribution in [0.2, 0.25) is 19.6 Å². The normalized spacial score (nSPS) is 37.7. The van der Waals surface area contributed by atoms with Crippen LogP contribution in [0.25, 0.3) is 0 Å². The Kier molecular flexibility index (Phi) is 4.52. The summed E-state index contributed by atoms with van der Waals surface area (Å²) in [7, 11) is 0.0527. The summed E-state index contributed by atoms with van der Waals surface area (Å²) in [4.78, 5) is 0. The summed E-state index contributed by atoms with van der Waals surface area (Å²) in [6, 6.07) is 6.73. The molecule has 0 spiro atoms. The van der Waals surface area contributed by atoms with Gasteiger partial charge in [-0.05, 0) is 99.2 Å². The van der Waals surface area contributed by atoms with Gasteiger partial charge in [0.25, 0.3) is 0 Å². The van der Waals surface area contributed by atoms with Gasteiger partial charge in [-0.1, -0.05) is 18.9 Å². The number of benzene rings is 1. The molecule has 146 valence electrons. The molecule has 1 aromatic rings. The van der Waals surface area contributed by atoms with Crippen LogP contribution in [0.4, 0.5) is 0 Å². The van der Waals surface area contributed by atoms with Gasteiger partial charge in [0, 0.05) is 5.41 Å². The molecule has 4 rings (SSSR count). The third kappa shape index (κ3) is 2.88. The molecule has 0 aliphatic heterocycles. The lowest BCUT2D eigenvalue weighted by molar-refractivity contribution is -0.0537. The number of aryl methyl sites for hydroxylation is 1. The fourth-order valence-corrected chi connectivity index (χ4v) is 8.08. The van der Waals surface area contributed by atoms with Crippen molar-refractivity contribution < 1.29 is 9.16 Å². The van der Waals surface area contributed by atoms with E-state index in [9.17, 15) is 0 Å². The van der Waals surface area contributed by atoms with Crippen molar-refractivity contribution in [2.45, 2.75) is 76.6 Å². The Morgan fingerprint density at radius 2 is 1.93 bits per heavy atom. The molecule has 27 heavy (non-hydrogen) atoms. The lowest BCUT2D eigenvalue weighted by Crippen LogP contribution is -2.54. The van der Waals surface area contributed by atoms with Crippen molar-refractivity contribution in [3.05, 3.63) is 29.3 Å². The molecule has 1 unspecified atom stereocenters. The van der Waals surface area contributed by atoms with Crippen molar-refractivity contribution in [1.82, 2.24) is 0 Å². The van der Waals surface area contributed by atoms with Gasteiger partial charge in [0.2, 0.25) is 0 Å². The van der Waals surface area contributed by atoms with Gasteiger partial charge in [0.05, 0.1) is 7.11 Å². The highest BCUT2D eigenvalue weighted by molar-refractivity contribution is 6.69. The first-order chi connectivity index (χ1) is 12.7. The second-order valence-electron chi connectivity index (χ2n) is 10.2. The van der Waals surface area contributed by atoms with Crippen LogP contribution < -0.4 is 4.74 Å². The molecule has 3 aliphatic carbocycles. The predicted octanol–water partition coefficient (Wildman–Crippen LogP) is 5.77. The van der Waals surface area contributed by atoms with Crippen LogP contribution in [0.5, 0.6) is 5.75 Å². The van der Waals surface area contributed by atoms with Crippen molar-refractivity contribution in [3.63, 3.8) is 0 Å². The number of terminal acetylenes is 1. The van der Waals surface area contributed by atoms with E-state index < -0.39 is 8.32 Å². The smallest absolute Gasteiger partial charge is 0.185 e. The van der Waals surface area contributed by atoms with Crippen molar-refractivity contribution >= 4 is 8.32 Å². The molecule has 2 nitrogen and oxygen atoms in total. The monoisotopic (exact) mass is 382 g/mol. The number of hydrogen-bond acceptors (Lipinski definition) is 2. The van der Waals surface area contributed by atoms with Crippen molar-refractivity contribution in [2.75, 3.05) is 7.11 Å². The van der Waals surface area contributed by atoms with Gasteiger partial charge < -0.3 is 9.16 Å². The fraction of sp³-hybridized carbons (Fsp3) is 0.667. The molecule has 0 N–H and O–H groups in total. The molecule has 1 aromatic carbocycles. The van der Waals surface area contributed by atoms with Gasteiger partial charge in [0.15, 0.2) is 8.32 Å². The molecule has 0 heterocycles. The topological polar surface area (TPSA) is 18.5 Å². The van der Waals surface area contributed by atoms with Crippen LogP contribution in [-0.2, 0) is 10.8 Å². The van der Waals surface area contributed by atoms with E-state index in [1.165, 1.54) is 31.2 Å². The minimum atomic E-state index is -1.71. The molecular weight excluding hydrogens is 348 g/mol. The first kappa shape index (κ1) is 19.1. The molecule has 2 saturated carbocycles. The molecule has 5 atom stereocenters. The van der Waals surface area contributed by atoms with Crippen LogP contribution in [0.3, 0.4) is 0 Å². The van der Waals surface area contributed by atoms with Crippen LogP contribution in [0, 0.1) is 29.6 Å². The highest BCUT2D eigenvalue weighted by Gasteiger charge is 2.63. The second kappa shape index (κ2) is 6.39. The van der Waals surface area contributed by atoms with Crippen molar-refractivity contribution in [3.8, 4) is 18.1 Å². The number of fused-ring (bicyclic) bond motifs is 5. The summed E-state index contributed by atoms with van der Waals surface area (Å²) < 4.78 is 12.2. The third-order valence-corrected chi connectivity index (χ3v) is 8.73. The lowest BCUT2D eigenvalue weighted by Gasteiger charge is -2.54. The fourth-order valence-electron chi connectivity index (χ4n) is 6.64. The predicted molar refractivity (Wildman–Crippen MR) is 114 cm³/mol. The minimum absolute atomic E-state index is 0.118. The van der Waals surface area contributed by atoms with Gasteiger partial charge in [-0.3, -0.25) is 0 Å². The van der Waals surface area contributed by atoms with E-state index in [0.29, 0.717) is 11.8 Å². The highest BCUT2D eigenvalue weighted by atomic mass is 28.4. The largest absolute Gasteiger partial charge is 0.497 e. The standard InChI is InChI=1S/C24H34O2Si/c1-7-24(26-27(4,5)6)15-13-22-21-10-8-17-16-18(25-3)9-11-19(17)20(21)12-14-23(22,24)2/h1,9,11,16,20-22H,8,10,12-15H2,2-6H3/t20-,21-,22+,23+,24?/m1/s1. The Morgan fingerprint density at radius 1 is 1.15 bits per heavy atom. The number of ether oxygens (including phenoxy) is 1. The summed E-state index contributed by atoms with van der Waals surface area (Å²) in [5, 5.41) is 0. The number of methoxy groups -OCH3 is 1. The molecule has 0 aromatic heterocycles. The second-order valence-corrected chi connectivity index (χ2v) is 14.6. The Labute approximate surface area is 166 Å². The van der Waals surface area contributed by atoms with Crippen LogP contribution >= 0.6 is 0 Å². The van der Waals surface area contributed by atoms with Gasteiger partial charge >= 0.3 is 0 Å². The maximum atomic E-state index is 6.77. The Morgan fingerprint density at radius 3 is 2.59 bits per heavy atom. The lowest BCUT2D eigenvalue weighted by atomic mass is 9.53. The first-order valence-corrected chi connectivity index (χ1v) is 14.0. The van der Waals surface area contributed by atoms with Gasteiger partial charge in [-0.15, -0.1) is 6.42 Å². The molecule has 3 heteroatoms. The zero-order valence-electron chi connectivity index (χ0n) is 17.6. The van der Waals surface area contributed by atoms with E-state index >= 15 is 0 Å². The van der Waals surface area contributed by atoms with E-state index in [0.717, 1.165) is 24.5 Å². The number of rotatable bonds is 3. The SMILES string of the molecule is C#CC1(O[Si](C)(C)C)CC[C@H]2[C@@H]3CCc4cc(OC)ccc4[C@H]3CC[C@@]21C. The molecule has 0 radical (unpaired) electrons. The van der Waals surface area contributed by atoms with Gasteiger partial charge in [-0.25, -0.2) is 0 Å². The summed E-state index contributed by atoms with van der Waals surface area (Å²) in [6.07, 6.45) is 13.3. The Bertz CT molecular complexity index is 774. The zero-order chi connectivity index (χ0) is 19.4. The van der Waals surface area contributed by atoms with Crippen molar-refractivity contribution in [2.24, 2.45) is 17.3 Å². The molecular formula is C24H34O2Si. The summed E-state index contributed by atoms with van der Waals surface area (Å²) in [6.45, 7) is 9.28. The van der Waals surface area contributed by atoms with E-state index in [4.69, 9.17) is 15.6 Å². The van der Waals surface area contributed by atoms with E-state index in [-0.39, 0.29) is 11.0 Å². The first-order valence-electron chi connectivity index (χ1n) is 10.6. The van der Waals surface area contributed by atoms with Crippen LogP contribution in [0.15, 0.2) is 18.2 Å². The molecule has 0 amide bonds. The summed E-state index contributed by atoms with van der Waals surface area (Å²) in [5.74, 6) is 6.29. The molecule has 3 aliphatic rings. The highest BCUT2D eigenvalue weighted by Crippen LogP contribution is 2.65. The molecule has 0 bridgehead atoms. The maximum Gasteiger partial charge on any atom is 0.185 e. The Balaban J connectivity index is 1.67. The van der Waals surface area contributed by atoms with Crippen molar-refractivity contribution in [1.29, 1.82) is 0 Å². The zero-order valence-corrected chi connectivity index (χ0v) is 18.6. The summed E-state index contributed by atoms with van der Waals surface area (Å²) >= 11 is 0. The summed E-state index contributed by atoms with van der Waals surface area (Å²) in [5.41, 5.74) is 2.83. The third-order valence-electron chi connectivity index (χ3n) is 7.77. The maximum absolute atomic E-state index is 6.77. The van der Waals surface area contributed by atoms with E-state index in [2.05, 4.69) is 50.7 Å². The quantitative estimate of drug-likeness (QED) is 0.488. The molecule has 2 fully saturated rings. The van der Waals surface area contributed by atoms with Crippen LogP contribution in [-0.4, -0.2) is 21.0 Å². The van der Waals surface area contributed by atoms with E-state index in [1.54, 1.807) is 12.7 Å². The van der Waals surface area contributed by atoms with Gasteiger partial charge in [0.1, 0.15) is 11.4 Å². The number of hydrogen-bond donors (Lipinski definition) is 0. The van der Waals surface area contributed by atoms with E-state index in [1.807, 2.05) is 0 Å². The van der Waals surface area contributed by atoms with Crippen LogP contribution in [0.1, 0.15) is 56.1 Å². The Hall–Kier alpha value is -1.24. The van der Waals surface area contributed by atoms with Gasteiger partial charge in [-0.2, -0.15) is 0 Å². The average Bonchev–Trinajstić information content (AvgIpc) is 2.92. The average molecular weight is 383 g/mol. The molecule has 0 saturated heterocycles. The minimum Gasteiger partial charge on any atom is -0.497 e.